The molecule has 3 nitrogen and oxygen atoms in total. The van der Waals surface area contributed by atoms with Crippen molar-refractivity contribution in [3.05, 3.63) is 59.9 Å². The molecule has 3 heteroatoms. The maximum atomic E-state index is 5.12. The molecule has 0 aliphatic heterocycles. The van der Waals surface area contributed by atoms with Crippen LogP contribution >= 0.6 is 0 Å². The smallest absolute Gasteiger partial charge is 0.148 e. The molecule has 2 rings (SSSR count). The van der Waals surface area contributed by atoms with Gasteiger partial charge in [0.15, 0.2) is 0 Å². The van der Waals surface area contributed by atoms with Crippen molar-refractivity contribution in [3.8, 4) is 5.75 Å². The Hall–Kier alpha value is -2.09. The highest BCUT2D eigenvalue weighted by atomic mass is 16.5. The van der Waals surface area contributed by atoms with Crippen LogP contribution in [0.2, 0.25) is 0 Å². The lowest BCUT2D eigenvalue weighted by molar-refractivity contribution is 0.257. The van der Waals surface area contributed by atoms with Crippen LogP contribution < -0.4 is 4.74 Å². The van der Waals surface area contributed by atoms with Crippen LogP contribution in [-0.2, 0) is 4.74 Å². The van der Waals surface area contributed by atoms with Gasteiger partial charge < -0.3 is 9.47 Å². The summed E-state index contributed by atoms with van der Waals surface area (Å²) in [6.45, 7) is 1.96. The zero-order chi connectivity index (χ0) is 13.7. The molecule has 0 fully saturated rings. The minimum absolute atomic E-state index is 0.793. The van der Waals surface area contributed by atoms with Crippen LogP contribution in [0.4, 0.5) is 5.69 Å². The Balaban J connectivity index is 2.19. The largest absolute Gasteiger partial charge is 0.497 e. The molecule has 1 aliphatic rings. The molecular weight excluding hydrogens is 238 g/mol. The van der Waals surface area contributed by atoms with Gasteiger partial charge in [0.2, 0.25) is 0 Å². The second kappa shape index (κ2) is 6.19. The monoisotopic (exact) mass is 254 g/mol. The molecule has 0 saturated heterocycles. The number of rotatable bonds is 4. The van der Waals surface area contributed by atoms with Crippen LogP contribution in [-0.4, -0.2) is 19.9 Å². The van der Waals surface area contributed by atoms with Gasteiger partial charge in [0.25, 0.3) is 0 Å². The zero-order valence-electron chi connectivity index (χ0n) is 11.3. The van der Waals surface area contributed by atoms with Gasteiger partial charge in [0.1, 0.15) is 11.9 Å². The van der Waals surface area contributed by atoms with Crippen molar-refractivity contribution >= 4 is 11.4 Å². The Labute approximate surface area is 113 Å². The van der Waals surface area contributed by atoms with E-state index < -0.39 is 0 Å². The predicted octanol–water partition coefficient (Wildman–Crippen LogP) is 3.62. The molecule has 0 spiro atoms. The third-order valence-corrected chi connectivity index (χ3v) is 2.78. The summed E-state index contributed by atoms with van der Waals surface area (Å²) in [6, 6.07) is 7.63. The SMILES string of the molecule is CO[C]1C=C=C(C(C)=Nc2ccc(OC)cc2)C=C1. The number of aliphatic imine (C=N–C) groups is 1. The molecule has 1 radical (unpaired) electrons. The maximum absolute atomic E-state index is 5.12. The van der Waals surface area contributed by atoms with Crippen molar-refractivity contribution < 1.29 is 9.47 Å². The van der Waals surface area contributed by atoms with Gasteiger partial charge in [-0.05, 0) is 49.4 Å². The summed E-state index contributed by atoms with van der Waals surface area (Å²) in [6.07, 6.45) is 6.45. The molecule has 0 heterocycles. The van der Waals surface area contributed by atoms with Gasteiger partial charge in [0, 0.05) is 12.7 Å². The summed E-state index contributed by atoms with van der Waals surface area (Å²) in [7, 11) is 3.29. The van der Waals surface area contributed by atoms with Gasteiger partial charge in [-0.2, -0.15) is 0 Å². The molecule has 0 saturated carbocycles. The van der Waals surface area contributed by atoms with Crippen molar-refractivity contribution in [2.45, 2.75) is 6.92 Å². The minimum Gasteiger partial charge on any atom is -0.497 e. The minimum atomic E-state index is 0.793. The van der Waals surface area contributed by atoms with E-state index in [-0.39, 0.29) is 0 Å². The van der Waals surface area contributed by atoms with Gasteiger partial charge in [-0.15, -0.1) is 5.73 Å². The molecule has 1 aromatic carbocycles. The van der Waals surface area contributed by atoms with E-state index in [0.29, 0.717) is 0 Å². The number of hydrogen-bond donors (Lipinski definition) is 0. The number of allylic oxidation sites excluding steroid dienone is 1. The van der Waals surface area contributed by atoms with E-state index in [2.05, 4.69) is 10.7 Å². The normalized spacial score (nSPS) is 15.5. The highest BCUT2D eigenvalue weighted by Crippen LogP contribution is 2.20. The summed E-state index contributed by atoms with van der Waals surface area (Å²) in [5, 5.41) is 0. The average Bonchev–Trinajstić information content (AvgIpc) is 2.48. The summed E-state index contributed by atoms with van der Waals surface area (Å²) in [4.78, 5) is 4.55. The van der Waals surface area contributed by atoms with Crippen molar-refractivity contribution in [2.24, 2.45) is 4.99 Å². The lowest BCUT2D eigenvalue weighted by Crippen LogP contribution is -1.99. The molecule has 0 amide bonds. The number of hydrogen-bond acceptors (Lipinski definition) is 3. The molecular formula is C16H16NO2. The van der Waals surface area contributed by atoms with Crippen molar-refractivity contribution in [2.75, 3.05) is 14.2 Å². The van der Waals surface area contributed by atoms with Crippen molar-refractivity contribution in [1.29, 1.82) is 0 Å². The molecule has 0 N–H and O–H groups in total. The molecule has 0 aromatic heterocycles. The lowest BCUT2D eigenvalue weighted by Gasteiger charge is -2.07. The lowest BCUT2D eigenvalue weighted by atomic mass is 10.1. The zero-order valence-corrected chi connectivity index (χ0v) is 11.3. The molecule has 1 aliphatic carbocycles. The number of nitrogens with zero attached hydrogens (tertiary/aromatic N) is 1. The fraction of sp³-hybridized carbons (Fsp3) is 0.188. The highest BCUT2D eigenvalue weighted by Gasteiger charge is 2.06. The summed E-state index contributed by atoms with van der Waals surface area (Å²) in [5.41, 5.74) is 5.91. The predicted molar refractivity (Wildman–Crippen MR) is 76.8 cm³/mol. The molecule has 1 aromatic rings. The second-order valence-electron chi connectivity index (χ2n) is 4.04. The molecule has 0 atom stereocenters. The van der Waals surface area contributed by atoms with E-state index >= 15 is 0 Å². The van der Waals surface area contributed by atoms with E-state index in [9.17, 15) is 0 Å². The number of ether oxygens (including phenoxy) is 2. The first kappa shape index (κ1) is 13.3. The van der Waals surface area contributed by atoms with Crippen LogP contribution in [0, 0.1) is 6.10 Å². The first-order chi connectivity index (χ1) is 9.22. The van der Waals surface area contributed by atoms with Crippen LogP contribution in [0.3, 0.4) is 0 Å². The van der Waals surface area contributed by atoms with E-state index in [1.54, 1.807) is 14.2 Å². The standard InChI is InChI=1S/C16H16NO2/c1-12(13-4-8-15(18-2)9-5-13)17-14-6-10-16(19-3)11-7-14/h4,6-11H,1-3H3. The Morgan fingerprint density at radius 3 is 2.32 bits per heavy atom. The maximum Gasteiger partial charge on any atom is 0.148 e. The number of methoxy groups -OCH3 is 2. The van der Waals surface area contributed by atoms with Crippen molar-refractivity contribution in [1.82, 2.24) is 0 Å². The van der Waals surface area contributed by atoms with E-state index in [4.69, 9.17) is 9.47 Å². The van der Waals surface area contributed by atoms with Crippen LogP contribution in [0.25, 0.3) is 0 Å². The summed E-state index contributed by atoms with van der Waals surface area (Å²) in [5.74, 6) is 0.826. The molecule has 0 bridgehead atoms. The Kier molecular flexibility index (Phi) is 4.35. The fourth-order valence-corrected chi connectivity index (χ4v) is 1.67. The fourth-order valence-electron chi connectivity index (χ4n) is 1.67. The van der Waals surface area contributed by atoms with Gasteiger partial charge in [0.05, 0.1) is 18.5 Å². The van der Waals surface area contributed by atoms with Gasteiger partial charge in [-0.3, -0.25) is 4.99 Å². The van der Waals surface area contributed by atoms with Gasteiger partial charge in [-0.25, -0.2) is 0 Å². The number of benzene rings is 1. The first-order valence-electron chi connectivity index (χ1n) is 5.98. The Morgan fingerprint density at radius 1 is 1.05 bits per heavy atom. The Bertz CT molecular complexity index is 561. The topological polar surface area (TPSA) is 30.8 Å². The quantitative estimate of drug-likeness (QED) is 0.607. The second-order valence-corrected chi connectivity index (χ2v) is 4.04. The molecule has 0 unspecified atom stereocenters. The van der Waals surface area contributed by atoms with E-state index in [0.717, 1.165) is 28.8 Å². The molecule has 97 valence electrons. The van der Waals surface area contributed by atoms with Gasteiger partial charge >= 0.3 is 0 Å². The van der Waals surface area contributed by atoms with Crippen LogP contribution in [0.15, 0.2) is 58.8 Å². The average molecular weight is 254 g/mol. The third kappa shape index (κ3) is 3.44. The van der Waals surface area contributed by atoms with Gasteiger partial charge in [-0.1, -0.05) is 0 Å². The molecule has 19 heavy (non-hydrogen) atoms. The van der Waals surface area contributed by atoms with Crippen LogP contribution in [0.5, 0.6) is 5.75 Å². The van der Waals surface area contributed by atoms with E-state index in [1.807, 2.05) is 49.4 Å². The summed E-state index contributed by atoms with van der Waals surface area (Å²) >= 11 is 0. The first-order valence-corrected chi connectivity index (χ1v) is 5.98. The van der Waals surface area contributed by atoms with Crippen molar-refractivity contribution in [3.63, 3.8) is 0 Å². The Morgan fingerprint density at radius 2 is 1.79 bits per heavy atom. The van der Waals surface area contributed by atoms with Crippen LogP contribution in [0.1, 0.15) is 6.92 Å². The summed E-state index contributed by atoms with van der Waals surface area (Å²) < 4.78 is 10.2. The third-order valence-electron chi connectivity index (χ3n) is 2.78. The highest BCUT2D eigenvalue weighted by molar-refractivity contribution is 6.02. The van der Waals surface area contributed by atoms with E-state index in [1.165, 1.54) is 0 Å².